The van der Waals surface area contributed by atoms with Crippen LogP contribution in [-0.2, 0) is 4.74 Å². The SMILES string of the molecule is CC(C)(C)OC(=O)N1CCC[C@H](n2cc(N)c(C(N)=O)n2)C1. The Labute approximate surface area is 129 Å². The van der Waals surface area contributed by atoms with Gasteiger partial charge in [0.15, 0.2) is 5.69 Å². The van der Waals surface area contributed by atoms with E-state index in [1.54, 1.807) is 15.8 Å². The number of hydrogen-bond acceptors (Lipinski definition) is 5. The number of carbonyl (C=O) groups is 2. The topological polar surface area (TPSA) is 116 Å². The first-order valence-electron chi connectivity index (χ1n) is 7.30. The van der Waals surface area contributed by atoms with Gasteiger partial charge in [-0.15, -0.1) is 0 Å². The van der Waals surface area contributed by atoms with E-state index in [-0.39, 0.29) is 23.5 Å². The van der Waals surface area contributed by atoms with E-state index in [1.165, 1.54) is 0 Å². The number of carbonyl (C=O) groups excluding carboxylic acids is 2. The molecule has 1 aliphatic rings. The van der Waals surface area contributed by atoms with Crippen molar-refractivity contribution in [3.8, 4) is 0 Å². The maximum absolute atomic E-state index is 12.1. The van der Waals surface area contributed by atoms with Gasteiger partial charge < -0.3 is 21.1 Å². The number of nitrogen functional groups attached to an aromatic ring is 1. The first-order valence-corrected chi connectivity index (χ1v) is 7.30. The van der Waals surface area contributed by atoms with Crippen LogP contribution in [-0.4, -0.2) is 45.4 Å². The molecule has 1 aromatic heterocycles. The molecule has 2 heterocycles. The lowest BCUT2D eigenvalue weighted by Gasteiger charge is -2.34. The smallest absolute Gasteiger partial charge is 0.410 e. The third-order valence-electron chi connectivity index (χ3n) is 3.42. The van der Waals surface area contributed by atoms with Crippen molar-refractivity contribution in [2.45, 2.75) is 45.3 Å². The number of anilines is 1. The molecule has 8 nitrogen and oxygen atoms in total. The molecule has 2 amide bonds. The molecule has 8 heteroatoms. The first-order chi connectivity index (χ1) is 10.2. The number of piperidine rings is 1. The highest BCUT2D eigenvalue weighted by atomic mass is 16.6. The van der Waals surface area contributed by atoms with Gasteiger partial charge in [0.05, 0.1) is 11.7 Å². The summed E-state index contributed by atoms with van der Waals surface area (Å²) in [6.45, 7) is 6.61. The van der Waals surface area contributed by atoms with Gasteiger partial charge in [0.2, 0.25) is 0 Å². The van der Waals surface area contributed by atoms with Crippen LogP contribution in [0.1, 0.15) is 50.1 Å². The number of aromatic nitrogens is 2. The van der Waals surface area contributed by atoms with Gasteiger partial charge in [-0.3, -0.25) is 9.48 Å². The van der Waals surface area contributed by atoms with Gasteiger partial charge >= 0.3 is 6.09 Å². The number of primary amides is 1. The van der Waals surface area contributed by atoms with Crippen molar-refractivity contribution in [1.29, 1.82) is 0 Å². The normalized spacial score (nSPS) is 19.0. The van der Waals surface area contributed by atoms with Gasteiger partial charge in [0, 0.05) is 19.3 Å². The average Bonchev–Trinajstić information content (AvgIpc) is 2.79. The minimum Gasteiger partial charge on any atom is -0.444 e. The molecule has 1 atom stereocenters. The second-order valence-electron chi connectivity index (χ2n) is 6.50. The van der Waals surface area contributed by atoms with E-state index in [4.69, 9.17) is 16.2 Å². The fraction of sp³-hybridized carbons (Fsp3) is 0.643. The molecule has 122 valence electrons. The molecule has 1 fully saturated rings. The van der Waals surface area contributed by atoms with E-state index in [0.29, 0.717) is 13.1 Å². The van der Waals surface area contributed by atoms with Gasteiger partial charge in [-0.2, -0.15) is 5.10 Å². The first kappa shape index (κ1) is 16.1. The minimum absolute atomic E-state index is 0.0448. The van der Waals surface area contributed by atoms with Crippen molar-refractivity contribution in [3.05, 3.63) is 11.9 Å². The van der Waals surface area contributed by atoms with Crippen LogP contribution in [0.15, 0.2) is 6.20 Å². The van der Waals surface area contributed by atoms with Crippen LogP contribution < -0.4 is 11.5 Å². The summed E-state index contributed by atoms with van der Waals surface area (Å²) in [5.74, 6) is -0.656. The Morgan fingerprint density at radius 2 is 2.09 bits per heavy atom. The molecule has 2 rings (SSSR count). The Bertz CT molecular complexity index is 576. The van der Waals surface area contributed by atoms with Crippen molar-refractivity contribution < 1.29 is 14.3 Å². The summed E-state index contributed by atoms with van der Waals surface area (Å²) in [6.07, 6.45) is 2.92. The summed E-state index contributed by atoms with van der Waals surface area (Å²) in [7, 11) is 0. The van der Waals surface area contributed by atoms with Crippen LogP contribution in [0.4, 0.5) is 10.5 Å². The molecule has 0 unspecified atom stereocenters. The highest BCUT2D eigenvalue weighted by Crippen LogP contribution is 2.24. The monoisotopic (exact) mass is 309 g/mol. The summed E-state index contributed by atoms with van der Waals surface area (Å²) in [6, 6.07) is -0.0448. The van der Waals surface area contributed by atoms with Crippen molar-refractivity contribution in [2.75, 3.05) is 18.8 Å². The summed E-state index contributed by atoms with van der Waals surface area (Å²) in [5, 5.41) is 4.14. The van der Waals surface area contributed by atoms with Crippen molar-refractivity contribution >= 4 is 17.7 Å². The summed E-state index contributed by atoms with van der Waals surface area (Å²) < 4.78 is 7.00. The van der Waals surface area contributed by atoms with Crippen LogP contribution in [0, 0.1) is 0 Å². The molecule has 0 aromatic carbocycles. The van der Waals surface area contributed by atoms with Gasteiger partial charge in [-0.05, 0) is 33.6 Å². The fourth-order valence-electron chi connectivity index (χ4n) is 2.45. The molecule has 1 aromatic rings. The molecule has 1 aliphatic heterocycles. The molecular formula is C14H23N5O3. The molecule has 0 radical (unpaired) electrons. The lowest BCUT2D eigenvalue weighted by molar-refractivity contribution is 0.0167. The summed E-state index contributed by atoms with van der Waals surface area (Å²) in [4.78, 5) is 25.0. The molecule has 1 saturated heterocycles. The van der Waals surface area contributed by atoms with E-state index in [1.807, 2.05) is 20.8 Å². The molecule has 0 spiro atoms. The van der Waals surface area contributed by atoms with Crippen molar-refractivity contribution in [1.82, 2.24) is 14.7 Å². The molecule has 0 bridgehead atoms. The maximum atomic E-state index is 12.1. The average molecular weight is 309 g/mol. The van der Waals surface area contributed by atoms with E-state index < -0.39 is 11.5 Å². The number of nitrogens with two attached hydrogens (primary N) is 2. The van der Waals surface area contributed by atoms with E-state index in [2.05, 4.69) is 5.10 Å². The predicted molar refractivity (Wildman–Crippen MR) is 81.2 cm³/mol. The Hall–Kier alpha value is -2.25. The van der Waals surface area contributed by atoms with Gasteiger partial charge in [-0.25, -0.2) is 4.79 Å². The van der Waals surface area contributed by atoms with Crippen LogP contribution >= 0.6 is 0 Å². The third kappa shape index (κ3) is 3.69. The largest absolute Gasteiger partial charge is 0.444 e. The molecule has 0 aliphatic carbocycles. The molecule has 0 saturated carbocycles. The zero-order chi connectivity index (χ0) is 16.5. The summed E-state index contributed by atoms with van der Waals surface area (Å²) in [5.41, 5.74) is 10.7. The molecule has 22 heavy (non-hydrogen) atoms. The van der Waals surface area contributed by atoms with Crippen molar-refractivity contribution in [2.24, 2.45) is 5.73 Å². The predicted octanol–water partition coefficient (Wildman–Crippen LogP) is 1.14. The second kappa shape index (κ2) is 5.86. The number of amides is 2. The zero-order valence-corrected chi connectivity index (χ0v) is 13.2. The minimum atomic E-state index is -0.656. The Morgan fingerprint density at radius 3 is 2.64 bits per heavy atom. The number of nitrogens with zero attached hydrogens (tertiary/aromatic N) is 3. The highest BCUT2D eigenvalue weighted by molar-refractivity contribution is 5.95. The fourth-order valence-corrected chi connectivity index (χ4v) is 2.45. The lowest BCUT2D eigenvalue weighted by atomic mass is 10.1. The lowest BCUT2D eigenvalue weighted by Crippen LogP contribution is -2.43. The Kier molecular flexibility index (Phi) is 4.30. The standard InChI is InChI=1S/C14H23N5O3/c1-14(2,3)22-13(21)18-6-4-5-9(7-18)19-8-10(15)11(17-19)12(16)20/h8-9H,4-7,15H2,1-3H3,(H2,16,20)/t9-/m0/s1. The number of ether oxygens (including phenoxy) is 1. The van der Waals surface area contributed by atoms with E-state index in [0.717, 1.165) is 12.8 Å². The van der Waals surface area contributed by atoms with Crippen LogP contribution in [0.3, 0.4) is 0 Å². The molecule has 4 N–H and O–H groups in total. The second-order valence-corrected chi connectivity index (χ2v) is 6.50. The molecular weight excluding hydrogens is 286 g/mol. The Morgan fingerprint density at radius 1 is 1.41 bits per heavy atom. The van der Waals surface area contributed by atoms with Crippen molar-refractivity contribution in [3.63, 3.8) is 0 Å². The zero-order valence-electron chi connectivity index (χ0n) is 13.2. The third-order valence-corrected chi connectivity index (χ3v) is 3.42. The number of hydrogen-bond donors (Lipinski definition) is 2. The van der Waals surface area contributed by atoms with Gasteiger partial charge in [0.1, 0.15) is 5.60 Å². The number of likely N-dealkylation sites (tertiary alicyclic amines) is 1. The summed E-state index contributed by atoms with van der Waals surface area (Å²) >= 11 is 0. The van der Waals surface area contributed by atoms with E-state index in [9.17, 15) is 9.59 Å². The number of rotatable bonds is 2. The highest BCUT2D eigenvalue weighted by Gasteiger charge is 2.29. The Balaban J connectivity index is 2.09. The van der Waals surface area contributed by atoms with E-state index >= 15 is 0 Å². The maximum Gasteiger partial charge on any atom is 0.410 e. The van der Waals surface area contributed by atoms with Crippen LogP contribution in [0.25, 0.3) is 0 Å². The van der Waals surface area contributed by atoms with Gasteiger partial charge in [-0.1, -0.05) is 0 Å². The van der Waals surface area contributed by atoms with Gasteiger partial charge in [0.25, 0.3) is 5.91 Å². The van der Waals surface area contributed by atoms with Crippen LogP contribution in [0.5, 0.6) is 0 Å². The quantitative estimate of drug-likeness (QED) is 0.849. The van der Waals surface area contributed by atoms with Crippen LogP contribution in [0.2, 0.25) is 0 Å².